The molecule has 7 nitrogen and oxygen atoms in total. The van der Waals surface area contributed by atoms with Crippen molar-refractivity contribution < 1.29 is 0 Å². The molecular formula is C24H27N7. The summed E-state index contributed by atoms with van der Waals surface area (Å²) in [4.78, 5) is 9.04. The van der Waals surface area contributed by atoms with Gasteiger partial charge in [0.2, 0.25) is 0 Å². The number of benzene rings is 1. The Hall–Kier alpha value is -3.58. The van der Waals surface area contributed by atoms with Gasteiger partial charge in [-0.2, -0.15) is 0 Å². The van der Waals surface area contributed by atoms with Crippen LogP contribution < -0.4 is 16.0 Å². The minimum absolute atomic E-state index is 0.460. The number of anilines is 2. The van der Waals surface area contributed by atoms with Crippen LogP contribution in [-0.2, 0) is 7.05 Å². The molecule has 0 bridgehead atoms. The molecule has 1 aromatic carbocycles. The average molecular weight is 414 g/mol. The number of fused-ring (bicyclic) bond motifs is 1. The van der Waals surface area contributed by atoms with Crippen molar-refractivity contribution >= 4 is 28.1 Å². The molecule has 4 N–H and O–H groups in total. The van der Waals surface area contributed by atoms with E-state index in [0.29, 0.717) is 6.04 Å². The van der Waals surface area contributed by atoms with Gasteiger partial charge in [0, 0.05) is 53.9 Å². The Labute approximate surface area is 181 Å². The second kappa shape index (κ2) is 8.28. The molecule has 4 heterocycles. The molecule has 4 aromatic rings. The molecule has 0 atom stereocenters. The van der Waals surface area contributed by atoms with Gasteiger partial charge in [0.05, 0.1) is 5.69 Å². The second-order valence-corrected chi connectivity index (χ2v) is 8.10. The first-order valence-corrected chi connectivity index (χ1v) is 10.7. The van der Waals surface area contributed by atoms with Gasteiger partial charge in [-0.1, -0.05) is 18.7 Å². The molecule has 0 saturated carbocycles. The van der Waals surface area contributed by atoms with E-state index in [1.54, 1.807) is 0 Å². The fourth-order valence-electron chi connectivity index (χ4n) is 3.99. The zero-order valence-corrected chi connectivity index (χ0v) is 17.7. The zero-order chi connectivity index (χ0) is 21.2. The van der Waals surface area contributed by atoms with Gasteiger partial charge in [-0.3, -0.25) is 9.78 Å². The van der Waals surface area contributed by atoms with E-state index in [-0.39, 0.29) is 0 Å². The summed E-state index contributed by atoms with van der Waals surface area (Å²) in [6.07, 6.45) is 8.00. The molecule has 0 unspecified atom stereocenters. The summed E-state index contributed by atoms with van der Waals surface area (Å²) in [5.41, 5.74) is 4.06. The Morgan fingerprint density at radius 3 is 2.71 bits per heavy atom. The van der Waals surface area contributed by atoms with Crippen molar-refractivity contribution in [3.63, 3.8) is 0 Å². The number of H-pyrrole nitrogens is 1. The predicted octanol–water partition coefficient (Wildman–Crippen LogP) is 4.21. The lowest BCUT2D eigenvalue weighted by atomic mass is 10.1. The van der Waals surface area contributed by atoms with Crippen LogP contribution in [0.5, 0.6) is 0 Å². The number of aromatic nitrogens is 4. The van der Waals surface area contributed by atoms with Crippen LogP contribution in [0.25, 0.3) is 27.7 Å². The van der Waals surface area contributed by atoms with Crippen molar-refractivity contribution in [1.29, 1.82) is 0 Å². The van der Waals surface area contributed by atoms with Crippen LogP contribution in [0.15, 0.2) is 61.6 Å². The molecule has 1 aliphatic heterocycles. The van der Waals surface area contributed by atoms with Crippen molar-refractivity contribution in [1.82, 2.24) is 25.1 Å². The molecule has 1 saturated heterocycles. The third-order valence-electron chi connectivity index (χ3n) is 5.73. The highest BCUT2D eigenvalue weighted by atomic mass is 15.3. The highest BCUT2D eigenvalue weighted by molar-refractivity contribution is 5.89. The van der Waals surface area contributed by atoms with Crippen LogP contribution in [0.3, 0.4) is 0 Å². The van der Waals surface area contributed by atoms with Gasteiger partial charge in [0.1, 0.15) is 11.6 Å². The molecule has 158 valence electrons. The summed E-state index contributed by atoms with van der Waals surface area (Å²) in [6, 6.07) is 12.9. The van der Waals surface area contributed by atoms with Crippen LogP contribution in [-0.4, -0.2) is 38.9 Å². The Morgan fingerprint density at radius 1 is 1.06 bits per heavy atom. The van der Waals surface area contributed by atoms with Crippen molar-refractivity contribution in [2.75, 3.05) is 23.7 Å². The van der Waals surface area contributed by atoms with Crippen molar-refractivity contribution in [3.05, 3.63) is 67.1 Å². The number of piperidine rings is 1. The van der Waals surface area contributed by atoms with Gasteiger partial charge in [0.15, 0.2) is 0 Å². The largest absolute Gasteiger partial charge is 0.367 e. The van der Waals surface area contributed by atoms with Crippen LogP contribution in [0.1, 0.15) is 18.4 Å². The molecule has 0 amide bonds. The number of nitrogens with one attached hydrogen (secondary N) is 4. The summed E-state index contributed by atoms with van der Waals surface area (Å²) in [5, 5.41) is 15.8. The number of hydrogen-bond acceptors (Lipinski definition) is 5. The van der Waals surface area contributed by atoms with Gasteiger partial charge in [-0.15, -0.1) is 0 Å². The number of aryl methyl sites for hydroxylation is 1. The van der Waals surface area contributed by atoms with Crippen LogP contribution in [0, 0.1) is 0 Å². The maximum atomic E-state index is 4.56. The smallest absolute Gasteiger partial charge is 0.130 e. The lowest BCUT2D eigenvalue weighted by Crippen LogP contribution is -2.35. The lowest BCUT2D eigenvalue weighted by molar-refractivity contribution is 0.478. The van der Waals surface area contributed by atoms with E-state index < -0.39 is 0 Å². The lowest BCUT2D eigenvalue weighted by Gasteiger charge is -2.24. The number of nitrogens with zero attached hydrogens (tertiary/aromatic N) is 3. The van der Waals surface area contributed by atoms with Gasteiger partial charge in [0.25, 0.3) is 0 Å². The van der Waals surface area contributed by atoms with Gasteiger partial charge in [-0.05, 0) is 55.6 Å². The monoisotopic (exact) mass is 413 g/mol. The van der Waals surface area contributed by atoms with E-state index in [9.17, 15) is 0 Å². The minimum atomic E-state index is 0.460. The van der Waals surface area contributed by atoms with Crippen molar-refractivity contribution in [2.45, 2.75) is 18.9 Å². The molecule has 0 radical (unpaired) electrons. The van der Waals surface area contributed by atoms with Crippen LogP contribution in [0.2, 0.25) is 0 Å². The molecular weight excluding hydrogens is 386 g/mol. The van der Waals surface area contributed by atoms with E-state index in [4.69, 9.17) is 0 Å². The highest BCUT2D eigenvalue weighted by Gasteiger charge is 2.13. The Balaban J connectivity index is 1.32. The molecule has 5 rings (SSSR count). The molecule has 1 fully saturated rings. The summed E-state index contributed by atoms with van der Waals surface area (Å²) in [6.45, 7) is 6.32. The SMILES string of the molecule is C=C(Nc1cc2cc(-c3cn(C)[nH]3)ccc2cn1)c1ccnc(NC2CCNCC2)c1. The summed E-state index contributed by atoms with van der Waals surface area (Å²) in [5.74, 6) is 1.65. The third kappa shape index (κ3) is 4.32. The molecule has 1 aliphatic rings. The molecule has 31 heavy (non-hydrogen) atoms. The maximum Gasteiger partial charge on any atom is 0.130 e. The number of hydrogen-bond donors (Lipinski definition) is 4. The first kappa shape index (κ1) is 19.4. The van der Waals surface area contributed by atoms with E-state index in [2.05, 4.69) is 68.1 Å². The van der Waals surface area contributed by atoms with Gasteiger partial charge >= 0.3 is 0 Å². The fraction of sp³-hybridized carbons (Fsp3) is 0.250. The number of rotatable bonds is 6. The van der Waals surface area contributed by atoms with Gasteiger partial charge < -0.3 is 16.0 Å². The van der Waals surface area contributed by atoms with E-state index >= 15 is 0 Å². The Morgan fingerprint density at radius 2 is 1.90 bits per heavy atom. The highest BCUT2D eigenvalue weighted by Crippen LogP contribution is 2.26. The summed E-state index contributed by atoms with van der Waals surface area (Å²) >= 11 is 0. The minimum Gasteiger partial charge on any atom is -0.367 e. The summed E-state index contributed by atoms with van der Waals surface area (Å²) in [7, 11) is 1.98. The standard InChI is InChI=1S/C24H27N7/c1-16(17-5-10-26-23(12-17)29-21-6-8-25-9-7-21)28-24-13-20-11-18(22-15-31(2)30-22)3-4-19(20)14-27-24/h3-5,10-15,21,25,30H,1,6-9H2,2H3,(H,26,29)(H,27,28). The van der Waals surface area contributed by atoms with Crippen LogP contribution in [0.4, 0.5) is 11.6 Å². The summed E-state index contributed by atoms with van der Waals surface area (Å²) < 4.78 is 1.94. The van der Waals surface area contributed by atoms with Crippen LogP contribution >= 0.6 is 0 Å². The maximum absolute atomic E-state index is 4.56. The number of pyridine rings is 2. The normalized spacial score (nSPS) is 14.6. The van der Waals surface area contributed by atoms with Crippen molar-refractivity contribution in [2.24, 2.45) is 7.05 Å². The van der Waals surface area contributed by atoms with E-state index in [1.807, 2.05) is 36.3 Å². The average Bonchev–Trinajstić information content (AvgIpc) is 2.77. The first-order valence-electron chi connectivity index (χ1n) is 10.7. The second-order valence-electron chi connectivity index (χ2n) is 8.10. The predicted molar refractivity (Wildman–Crippen MR) is 127 cm³/mol. The molecule has 0 aliphatic carbocycles. The van der Waals surface area contributed by atoms with Crippen molar-refractivity contribution in [3.8, 4) is 11.3 Å². The molecule has 0 spiro atoms. The zero-order valence-electron chi connectivity index (χ0n) is 17.7. The third-order valence-corrected chi connectivity index (χ3v) is 5.73. The van der Waals surface area contributed by atoms with Gasteiger partial charge in [-0.25, -0.2) is 9.97 Å². The topological polar surface area (TPSA) is 82.6 Å². The van der Waals surface area contributed by atoms with E-state index in [0.717, 1.165) is 70.9 Å². The molecule has 3 aromatic heterocycles. The quantitative estimate of drug-likeness (QED) is 0.381. The first-order chi connectivity index (χ1) is 15.1. The number of aromatic amines is 1. The Kier molecular flexibility index (Phi) is 5.18. The fourth-order valence-corrected chi connectivity index (χ4v) is 3.99. The van der Waals surface area contributed by atoms with E-state index in [1.165, 1.54) is 0 Å². The molecule has 7 heteroatoms. The Bertz CT molecular complexity index is 1200.